The summed E-state index contributed by atoms with van der Waals surface area (Å²) in [5, 5.41) is 38.0. The first-order valence-electron chi connectivity index (χ1n) is 17.9. The maximum atomic E-state index is 11.1. The molecule has 14 nitrogen and oxygen atoms in total. The van der Waals surface area contributed by atoms with Gasteiger partial charge in [0.15, 0.2) is 0 Å². The molecule has 5 heterocycles. The number of aliphatic carboxylic acids is 1. The van der Waals surface area contributed by atoms with E-state index in [9.17, 15) is 9.59 Å². The molecule has 0 aromatic rings. The number of nitrogens with one attached hydrogen (secondary N) is 4. The van der Waals surface area contributed by atoms with Crippen molar-refractivity contribution in [3.63, 3.8) is 0 Å². The second-order valence-electron chi connectivity index (χ2n) is 13.3. The maximum Gasteiger partial charge on any atom is 0.308 e. The number of esters is 1. The molecule has 4 fully saturated rings. The van der Waals surface area contributed by atoms with Crippen LogP contribution in [0, 0.1) is 33.5 Å². The zero-order chi connectivity index (χ0) is 36.9. The largest absolute Gasteiger partial charge is 0.481 e. The van der Waals surface area contributed by atoms with Gasteiger partial charge in [-0.2, -0.15) is 0 Å². The number of aliphatic imine (C=N–C) groups is 1. The molecule has 0 amide bonds. The molecular weight excluding hydrogens is 636 g/mol. The molecule has 288 valence electrons. The molecule has 5 N–H and O–H groups in total. The number of carboxylic acids is 1. The number of methoxy groups -OCH3 is 1. The number of carbonyl (C=O) groups excluding carboxylic acids is 1. The third-order valence-electron chi connectivity index (χ3n) is 9.56. The summed E-state index contributed by atoms with van der Waals surface area (Å²) in [6, 6.07) is 0. The van der Waals surface area contributed by atoms with Gasteiger partial charge >= 0.3 is 11.9 Å². The number of ether oxygens (including phenoxy) is 1. The summed E-state index contributed by atoms with van der Waals surface area (Å²) < 4.78 is 4.67. The fourth-order valence-corrected chi connectivity index (χ4v) is 6.01. The summed E-state index contributed by atoms with van der Waals surface area (Å²) in [6.45, 7) is 18.8. The fraction of sp³-hybridized carbons (Fsp3) is 0.806. The van der Waals surface area contributed by atoms with E-state index in [0.29, 0.717) is 37.6 Å². The van der Waals surface area contributed by atoms with Gasteiger partial charge in [0.1, 0.15) is 0 Å². The molecule has 0 spiro atoms. The van der Waals surface area contributed by atoms with Gasteiger partial charge in [-0.15, -0.1) is 0 Å². The number of hydrogen-bond donors (Lipinski definition) is 5. The zero-order valence-corrected chi connectivity index (χ0v) is 31.4. The molecule has 50 heavy (non-hydrogen) atoms. The van der Waals surface area contributed by atoms with Crippen LogP contribution in [0.1, 0.15) is 99.8 Å². The van der Waals surface area contributed by atoms with Gasteiger partial charge in [0.25, 0.3) is 0 Å². The Balaban J connectivity index is 0.000000608. The quantitative estimate of drug-likeness (QED) is 0.146. The monoisotopic (exact) mass is 707 g/mol. The number of carbonyl (C=O) groups is 2. The van der Waals surface area contributed by atoms with Crippen molar-refractivity contribution in [3.8, 4) is 0 Å². The molecule has 14 heteroatoms. The SMILES string of the molecule is C.CC(=N)N1CCC(C(=O)O)CC1.CC(=N)N1CCCC1.CC(=N)N1CCCCC1.CC1=NCCN1C.COC(=O)C1CCN(C(C)=N)CC1. The topological polar surface area (TPSA) is 188 Å². The molecule has 0 unspecified atom stereocenters. The molecule has 0 atom stereocenters. The minimum atomic E-state index is -0.697. The van der Waals surface area contributed by atoms with Crippen LogP contribution in [-0.4, -0.2) is 150 Å². The van der Waals surface area contributed by atoms with E-state index in [0.717, 1.165) is 76.9 Å². The van der Waals surface area contributed by atoms with Crippen LogP contribution >= 0.6 is 0 Å². The van der Waals surface area contributed by atoms with Crippen LogP contribution in [0.4, 0.5) is 0 Å². The van der Waals surface area contributed by atoms with Crippen molar-refractivity contribution in [2.24, 2.45) is 16.8 Å². The summed E-state index contributed by atoms with van der Waals surface area (Å²) in [7, 11) is 3.49. The van der Waals surface area contributed by atoms with Crippen LogP contribution in [0.15, 0.2) is 4.99 Å². The Bertz CT molecular complexity index is 1060. The molecule has 5 aliphatic rings. The lowest BCUT2D eigenvalue weighted by Crippen LogP contribution is -2.39. The van der Waals surface area contributed by atoms with E-state index < -0.39 is 5.97 Å². The van der Waals surface area contributed by atoms with E-state index in [4.69, 9.17) is 26.7 Å². The molecule has 5 rings (SSSR count). The van der Waals surface area contributed by atoms with E-state index in [2.05, 4.69) is 31.5 Å². The van der Waals surface area contributed by atoms with Crippen molar-refractivity contribution in [2.45, 2.75) is 99.8 Å². The Morgan fingerprint density at radius 3 is 1.22 bits per heavy atom. The lowest BCUT2D eigenvalue weighted by atomic mass is 9.97. The Hall–Kier alpha value is -3.71. The minimum absolute atomic E-state index is 0. The van der Waals surface area contributed by atoms with Gasteiger partial charge < -0.3 is 34.3 Å². The second-order valence-corrected chi connectivity index (χ2v) is 13.3. The van der Waals surface area contributed by atoms with Gasteiger partial charge in [0.2, 0.25) is 0 Å². The van der Waals surface area contributed by atoms with E-state index in [1.807, 2.05) is 30.6 Å². The average Bonchev–Trinajstić information content (AvgIpc) is 3.78. The molecule has 0 bridgehead atoms. The Morgan fingerprint density at radius 1 is 0.640 bits per heavy atom. The first-order valence-corrected chi connectivity index (χ1v) is 17.9. The summed E-state index contributed by atoms with van der Waals surface area (Å²) in [4.78, 5) is 36.2. The first-order chi connectivity index (χ1) is 23.2. The molecule has 0 saturated carbocycles. The third kappa shape index (κ3) is 18.3. The number of likely N-dealkylation sites (tertiary alicyclic amines) is 4. The number of hydrogen-bond acceptors (Lipinski definition) is 9. The van der Waals surface area contributed by atoms with E-state index in [-0.39, 0.29) is 25.2 Å². The van der Waals surface area contributed by atoms with Crippen molar-refractivity contribution in [3.05, 3.63) is 0 Å². The fourth-order valence-electron chi connectivity index (χ4n) is 6.01. The van der Waals surface area contributed by atoms with Crippen LogP contribution in [0.2, 0.25) is 0 Å². The highest BCUT2D eigenvalue weighted by atomic mass is 16.5. The van der Waals surface area contributed by atoms with E-state index in [1.165, 1.54) is 45.0 Å². The third-order valence-corrected chi connectivity index (χ3v) is 9.56. The van der Waals surface area contributed by atoms with E-state index >= 15 is 0 Å². The van der Waals surface area contributed by atoms with Gasteiger partial charge in [-0.05, 0) is 92.4 Å². The predicted molar refractivity (Wildman–Crippen MR) is 205 cm³/mol. The van der Waals surface area contributed by atoms with E-state index in [1.54, 1.807) is 13.8 Å². The van der Waals surface area contributed by atoms with Gasteiger partial charge in [0, 0.05) is 66.0 Å². The van der Waals surface area contributed by atoms with Crippen LogP contribution in [0.5, 0.6) is 0 Å². The number of amidine groups is 5. The normalized spacial score (nSPS) is 18.9. The molecule has 0 aliphatic carbocycles. The molecule has 0 aromatic heterocycles. The average molecular weight is 707 g/mol. The van der Waals surface area contributed by atoms with Crippen molar-refractivity contribution in [2.75, 3.05) is 79.6 Å². The highest BCUT2D eigenvalue weighted by Gasteiger charge is 2.26. The number of nitrogens with zero attached hydrogens (tertiary/aromatic N) is 6. The van der Waals surface area contributed by atoms with Crippen molar-refractivity contribution >= 4 is 41.1 Å². The number of piperidine rings is 3. The molecule has 0 radical (unpaired) electrons. The molecule has 5 aliphatic heterocycles. The van der Waals surface area contributed by atoms with Crippen LogP contribution in [0.3, 0.4) is 0 Å². The van der Waals surface area contributed by atoms with Gasteiger partial charge in [-0.3, -0.25) is 36.2 Å². The van der Waals surface area contributed by atoms with Crippen LogP contribution in [0.25, 0.3) is 0 Å². The molecule has 0 aromatic carbocycles. The minimum Gasteiger partial charge on any atom is -0.481 e. The smallest absolute Gasteiger partial charge is 0.308 e. The lowest BCUT2D eigenvalue weighted by Gasteiger charge is -2.31. The number of likely N-dealkylation sites (N-methyl/N-ethyl adjacent to an activating group) is 1. The van der Waals surface area contributed by atoms with Gasteiger partial charge in [0.05, 0.1) is 54.7 Å². The first kappa shape index (κ1) is 46.3. The maximum absolute atomic E-state index is 11.1. The summed E-state index contributed by atoms with van der Waals surface area (Å²) in [6.07, 6.45) is 9.41. The molecular formula is C36H70N10O4. The lowest BCUT2D eigenvalue weighted by molar-refractivity contribution is -0.146. The number of rotatable bonds is 2. The van der Waals surface area contributed by atoms with Crippen LogP contribution < -0.4 is 0 Å². The number of carboxylic acid groups (broad SMARTS) is 1. The highest BCUT2D eigenvalue weighted by molar-refractivity contribution is 5.81. The Kier molecular flexibility index (Phi) is 23.4. The summed E-state index contributed by atoms with van der Waals surface area (Å²) in [5.41, 5.74) is 0. The summed E-state index contributed by atoms with van der Waals surface area (Å²) >= 11 is 0. The summed E-state index contributed by atoms with van der Waals surface area (Å²) in [5.74, 6) is 2.79. The highest BCUT2D eigenvalue weighted by Crippen LogP contribution is 2.18. The van der Waals surface area contributed by atoms with Crippen LogP contribution in [-0.2, 0) is 14.3 Å². The van der Waals surface area contributed by atoms with Gasteiger partial charge in [-0.25, -0.2) is 0 Å². The standard InChI is InChI=1S/C9H16N2O2.C8H14N2O2.C7H14N2.C6H12N2.C5H10N2.CH4/c1-7(10)11-5-3-8(4-6-11)9(12)13-2;1-6(9)10-4-2-7(3-5-10)8(11)12;1-7(8)9-5-3-2-4-6-9;1-6(7)8-4-2-3-5-8;1-5-6-3-4-7(5)2;/h8,10H,3-6H2,1-2H3;7,9H,2-5H2,1H3,(H,11,12);8H,2-6H2,1H3;7H,2-5H2,1H3;3-4H2,1-2H3;1H4. The van der Waals surface area contributed by atoms with Crippen molar-refractivity contribution in [1.29, 1.82) is 21.6 Å². The second kappa shape index (κ2) is 25.3. The van der Waals surface area contributed by atoms with Crippen molar-refractivity contribution < 1.29 is 19.4 Å². The zero-order valence-electron chi connectivity index (χ0n) is 31.4. The predicted octanol–water partition coefficient (Wildman–Crippen LogP) is 5.18. The van der Waals surface area contributed by atoms with Crippen molar-refractivity contribution in [1.82, 2.24) is 24.5 Å². The Labute approximate surface area is 302 Å². The molecule has 4 saturated heterocycles. The Morgan fingerprint density at radius 2 is 0.980 bits per heavy atom. The van der Waals surface area contributed by atoms with Gasteiger partial charge in [-0.1, -0.05) is 7.43 Å².